The number of hydrogen-bond acceptors (Lipinski definition) is 3. The summed E-state index contributed by atoms with van der Waals surface area (Å²) in [7, 11) is 1.65. The minimum atomic E-state index is -0.0380. The molecule has 1 atom stereocenters. The predicted octanol–water partition coefficient (Wildman–Crippen LogP) is 2.54. The molecule has 4 nitrogen and oxygen atoms in total. The van der Waals surface area contributed by atoms with Gasteiger partial charge in [0.2, 0.25) is 5.91 Å². The summed E-state index contributed by atoms with van der Waals surface area (Å²) in [5, 5.41) is 12.3. The number of aliphatic hydroxyl groups is 1. The average Bonchev–Trinajstić information content (AvgIpc) is 2.56. The maximum atomic E-state index is 12.3. The molecule has 1 amide bonds. The van der Waals surface area contributed by atoms with Crippen LogP contribution in [0.25, 0.3) is 0 Å². The Morgan fingerprint density at radius 1 is 1.27 bits per heavy atom. The lowest BCUT2D eigenvalue weighted by Crippen LogP contribution is -2.41. The first-order valence-corrected chi connectivity index (χ1v) is 8.16. The number of nitrogens with one attached hydrogen (secondary N) is 1. The van der Waals surface area contributed by atoms with Crippen LogP contribution in [-0.4, -0.2) is 30.8 Å². The average molecular weight is 305 g/mol. The molecule has 1 aromatic rings. The summed E-state index contributed by atoms with van der Waals surface area (Å²) in [6.07, 6.45) is 4.71. The first-order valence-electron chi connectivity index (χ1n) is 8.16. The van der Waals surface area contributed by atoms with Gasteiger partial charge in [-0.2, -0.15) is 0 Å². The molecule has 0 saturated heterocycles. The largest absolute Gasteiger partial charge is 0.497 e. The van der Waals surface area contributed by atoms with E-state index in [-0.39, 0.29) is 24.5 Å². The number of hydrogen-bond donors (Lipinski definition) is 2. The molecule has 1 saturated carbocycles. The van der Waals surface area contributed by atoms with E-state index in [1.54, 1.807) is 7.11 Å². The molecular weight excluding hydrogens is 278 g/mol. The van der Waals surface area contributed by atoms with E-state index in [4.69, 9.17) is 9.84 Å². The van der Waals surface area contributed by atoms with E-state index in [2.05, 4.69) is 5.32 Å². The van der Waals surface area contributed by atoms with E-state index in [0.717, 1.165) is 43.4 Å². The summed E-state index contributed by atoms with van der Waals surface area (Å²) >= 11 is 0. The van der Waals surface area contributed by atoms with Crippen molar-refractivity contribution in [2.75, 3.05) is 13.7 Å². The van der Waals surface area contributed by atoms with Gasteiger partial charge < -0.3 is 15.2 Å². The van der Waals surface area contributed by atoms with Crippen molar-refractivity contribution in [3.63, 3.8) is 0 Å². The molecule has 0 aromatic heterocycles. The Morgan fingerprint density at radius 2 is 1.91 bits per heavy atom. The molecular formula is C18H27NO3. The molecule has 2 N–H and O–H groups in total. The molecule has 22 heavy (non-hydrogen) atoms. The van der Waals surface area contributed by atoms with Crippen LogP contribution < -0.4 is 10.1 Å². The maximum absolute atomic E-state index is 12.3. The van der Waals surface area contributed by atoms with Crippen molar-refractivity contribution in [1.29, 1.82) is 0 Å². The standard InChI is InChI=1S/C18H27NO3/c1-13(11-14-5-9-17(22-2)10-6-14)18(21)19-16-7-3-15(12-20)4-8-16/h5-6,9-10,13,15-16,20H,3-4,7-8,11-12H2,1-2H3,(H,19,21). The number of methoxy groups -OCH3 is 1. The van der Waals surface area contributed by atoms with E-state index >= 15 is 0 Å². The number of carbonyl (C=O) groups is 1. The highest BCUT2D eigenvalue weighted by atomic mass is 16.5. The van der Waals surface area contributed by atoms with Gasteiger partial charge in [0, 0.05) is 18.6 Å². The lowest BCUT2D eigenvalue weighted by atomic mass is 9.86. The topological polar surface area (TPSA) is 58.6 Å². The molecule has 0 spiro atoms. The number of amides is 1. The molecule has 2 rings (SSSR count). The van der Waals surface area contributed by atoms with E-state index in [0.29, 0.717) is 5.92 Å². The van der Waals surface area contributed by atoms with Crippen LogP contribution in [-0.2, 0) is 11.2 Å². The third kappa shape index (κ3) is 4.73. The fourth-order valence-corrected chi connectivity index (χ4v) is 3.04. The fourth-order valence-electron chi connectivity index (χ4n) is 3.04. The molecule has 1 aromatic carbocycles. The second-order valence-electron chi connectivity index (χ2n) is 6.36. The Balaban J connectivity index is 1.79. The lowest BCUT2D eigenvalue weighted by molar-refractivity contribution is -0.125. The van der Waals surface area contributed by atoms with E-state index in [1.807, 2.05) is 31.2 Å². The molecule has 1 unspecified atom stereocenters. The number of aliphatic hydroxyl groups excluding tert-OH is 1. The van der Waals surface area contributed by atoms with E-state index in [1.165, 1.54) is 0 Å². The van der Waals surface area contributed by atoms with Crippen molar-refractivity contribution >= 4 is 5.91 Å². The van der Waals surface area contributed by atoms with Gasteiger partial charge in [-0.1, -0.05) is 19.1 Å². The van der Waals surface area contributed by atoms with Gasteiger partial charge in [-0.25, -0.2) is 0 Å². The molecule has 1 aliphatic carbocycles. The summed E-state index contributed by atoms with van der Waals surface area (Å²) < 4.78 is 5.14. The zero-order valence-corrected chi connectivity index (χ0v) is 13.5. The predicted molar refractivity (Wildman–Crippen MR) is 86.8 cm³/mol. The molecule has 1 fully saturated rings. The van der Waals surface area contributed by atoms with Crippen molar-refractivity contribution in [3.8, 4) is 5.75 Å². The Hall–Kier alpha value is -1.55. The van der Waals surface area contributed by atoms with Crippen molar-refractivity contribution in [2.24, 2.45) is 11.8 Å². The first kappa shape index (κ1) is 16.8. The summed E-state index contributed by atoms with van der Waals surface area (Å²) in [4.78, 5) is 12.3. The Bertz CT molecular complexity index is 464. The normalized spacial score (nSPS) is 22.9. The van der Waals surface area contributed by atoms with Crippen molar-refractivity contribution < 1.29 is 14.6 Å². The zero-order valence-electron chi connectivity index (χ0n) is 13.5. The Kier molecular flexibility index (Phi) is 6.25. The first-order chi connectivity index (χ1) is 10.6. The highest BCUT2D eigenvalue weighted by molar-refractivity contribution is 5.78. The third-order valence-corrected chi connectivity index (χ3v) is 4.60. The van der Waals surface area contributed by atoms with Crippen LogP contribution in [0.15, 0.2) is 24.3 Å². The number of ether oxygens (including phenoxy) is 1. The van der Waals surface area contributed by atoms with E-state index < -0.39 is 0 Å². The van der Waals surface area contributed by atoms with Gasteiger partial charge in [-0.3, -0.25) is 4.79 Å². The molecule has 4 heteroatoms. The summed E-state index contributed by atoms with van der Waals surface area (Å²) in [6, 6.07) is 8.14. The molecule has 1 aliphatic rings. The monoisotopic (exact) mass is 305 g/mol. The second-order valence-corrected chi connectivity index (χ2v) is 6.36. The minimum Gasteiger partial charge on any atom is -0.497 e. The molecule has 0 bridgehead atoms. The highest BCUT2D eigenvalue weighted by Crippen LogP contribution is 2.24. The number of carbonyl (C=O) groups excluding carboxylic acids is 1. The number of rotatable bonds is 6. The molecule has 0 heterocycles. The summed E-state index contributed by atoms with van der Waals surface area (Å²) in [6.45, 7) is 2.24. The SMILES string of the molecule is COc1ccc(CC(C)C(=O)NC2CCC(CO)CC2)cc1. The van der Waals surface area contributed by atoms with E-state index in [9.17, 15) is 4.79 Å². The van der Waals surface area contributed by atoms with Crippen LogP contribution in [0.4, 0.5) is 0 Å². The minimum absolute atomic E-state index is 0.0380. The lowest BCUT2D eigenvalue weighted by Gasteiger charge is -2.28. The summed E-state index contributed by atoms with van der Waals surface area (Å²) in [5.74, 6) is 1.35. The smallest absolute Gasteiger partial charge is 0.223 e. The zero-order chi connectivity index (χ0) is 15.9. The van der Waals surface area contributed by atoms with Gasteiger partial charge in [0.05, 0.1) is 7.11 Å². The van der Waals surface area contributed by atoms with Crippen molar-refractivity contribution in [1.82, 2.24) is 5.32 Å². The van der Waals surface area contributed by atoms with Crippen LogP contribution in [0.5, 0.6) is 5.75 Å². The Morgan fingerprint density at radius 3 is 2.45 bits per heavy atom. The van der Waals surface area contributed by atoms with Gasteiger partial charge in [-0.15, -0.1) is 0 Å². The van der Waals surface area contributed by atoms with Crippen molar-refractivity contribution in [2.45, 2.75) is 45.1 Å². The van der Waals surface area contributed by atoms with Crippen LogP contribution in [0.2, 0.25) is 0 Å². The van der Waals surface area contributed by atoms with Crippen LogP contribution in [0.3, 0.4) is 0 Å². The fraction of sp³-hybridized carbons (Fsp3) is 0.611. The van der Waals surface area contributed by atoms with Gasteiger partial charge in [0.15, 0.2) is 0 Å². The maximum Gasteiger partial charge on any atom is 0.223 e. The van der Waals surface area contributed by atoms with Gasteiger partial charge in [0.1, 0.15) is 5.75 Å². The number of benzene rings is 1. The van der Waals surface area contributed by atoms with Gasteiger partial charge >= 0.3 is 0 Å². The second kappa shape index (κ2) is 8.18. The quantitative estimate of drug-likeness (QED) is 0.849. The van der Waals surface area contributed by atoms with Gasteiger partial charge in [0.25, 0.3) is 0 Å². The van der Waals surface area contributed by atoms with Crippen LogP contribution in [0, 0.1) is 11.8 Å². The third-order valence-electron chi connectivity index (χ3n) is 4.60. The Labute approximate surface area is 132 Å². The van der Waals surface area contributed by atoms with Crippen LogP contribution in [0.1, 0.15) is 38.2 Å². The van der Waals surface area contributed by atoms with Crippen molar-refractivity contribution in [3.05, 3.63) is 29.8 Å². The molecule has 122 valence electrons. The molecule has 0 aliphatic heterocycles. The van der Waals surface area contributed by atoms with Gasteiger partial charge in [-0.05, 0) is 55.7 Å². The molecule has 0 radical (unpaired) electrons. The van der Waals surface area contributed by atoms with Crippen LogP contribution >= 0.6 is 0 Å². The highest BCUT2D eigenvalue weighted by Gasteiger charge is 2.23. The summed E-state index contributed by atoms with van der Waals surface area (Å²) in [5.41, 5.74) is 1.15.